The third-order valence-corrected chi connectivity index (χ3v) is 7.54. The molecule has 0 bridgehead atoms. The molecule has 0 aromatic heterocycles. The van der Waals surface area contributed by atoms with Crippen molar-refractivity contribution in [1.29, 1.82) is 0 Å². The molecule has 164 valence electrons. The first-order chi connectivity index (χ1) is 12.9. The summed E-state index contributed by atoms with van der Waals surface area (Å²) in [7, 11) is -3.44. The van der Waals surface area contributed by atoms with E-state index in [1.807, 2.05) is 6.92 Å². The summed E-state index contributed by atoms with van der Waals surface area (Å²) in [6, 6.07) is 0. The summed E-state index contributed by atoms with van der Waals surface area (Å²) in [5.74, 6) is 0. The van der Waals surface area contributed by atoms with Crippen molar-refractivity contribution in [3.05, 3.63) is 0 Å². The predicted molar refractivity (Wildman–Crippen MR) is 119 cm³/mol. The number of rotatable bonds is 20. The van der Waals surface area contributed by atoms with E-state index >= 15 is 0 Å². The predicted octanol–water partition coefficient (Wildman–Crippen LogP) is 7.78. The molecule has 4 heteroatoms. The van der Waals surface area contributed by atoms with Crippen molar-refractivity contribution in [2.45, 2.75) is 142 Å². The van der Waals surface area contributed by atoms with E-state index in [4.69, 9.17) is 4.18 Å². The van der Waals surface area contributed by atoms with E-state index in [9.17, 15) is 8.42 Å². The Hall–Kier alpha value is -0.0900. The van der Waals surface area contributed by atoms with Gasteiger partial charge < -0.3 is 0 Å². The van der Waals surface area contributed by atoms with Gasteiger partial charge in [0.1, 0.15) is 0 Å². The quantitative estimate of drug-likeness (QED) is 0.154. The van der Waals surface area contributed by atoms with Gasteiger partial charge in [-0.2, -0.15) is 8.42 Å². The molecule has 0 N–H and O–H groups in total. The van der Waals surface area contributed by atoms with Crippen LogP contribution in [0.2, 0.25) is 0 Å². The average molecular weight is 405 g/mol. The van der Waals surface area contributed by atoms with Crippen molar-refractivity contribution >= 4 is 10.1 Å². The van der Waals surface area contributed by atoms with E-state index in [0.29, 0.717) is 13.0 Å². The van der Waals surface area contributed by atoms with Crippen molar-refractivity contribution < 1.29 is 12.6 Å². The molecule has 0 fully saturated rings. The molecular weight excluding hydrogens is 356 g/mol. The van der Waals surface area contributed by atoms with Crippen LogP contribution in [0.3, 0.4) is 0 Å². The SMILES string of the molecule is CCCCCCCCCCCCCCCCCC(C)(C)S(=O)(=O)OCCC. The molecule has 0 radical (unpaired) electrons. The molecule has 0 heterocycles. The average Bonchev–Trinajstić information content (AvgIpc) is 2.63. The number of hydrogen-bond acceptors (Lipinski definition) is 3. The number of unbranched alkanes of at least 4 members (excludes halogenated alkanes) is 14. The van der Waals surface area contributed by atoms with Crippen molar-refractivity contribution in [3.8, 4) is 0 Å². The van der Waals surface area contributed by atoms with Crippen LogP contribution in [-0.2, 0) is 14.3 Å². The van der Waals surface area contributed by atoms with Gasteiger partial charge in [0.25, 0.3) is 10.1 Å². The Kier molecular flexibility index (Phi) is 16.8. The van der Waals surface area contributed by atoms with Gasteiger partial charge in [-0.3, -0.25) is 4.18 Å². The van der Waals surface area contributed by atoms with Gasteiger partial charge in [-0.25, -0.2) is 0 Å². The maximum Gasteiger partial charge on any atom is 0.272 e. The Morgan fingerprint density at radius 1 is 0.593 bits per heavy atom. The second-order valence-corrected chi connectivity index (χ2v) is 11.0. The van der Waals surface area contributed by atoms with Crippen LogP contribution in [0.5, 0.6) is 0 Å². The molecule has 0 aliphatic heterocycles. The molecule has 0 aromatic rings. The Morgan fingerprint density at radius 2 is 0.963 bits per heavy atom. The first-order valence-electron chi connectivity index (χ1n) is 11.8. The summed E-state index contributed by atoms with van der Waals surface area (Å²) in [4.78, 5) is 0. The van der Waals surface area contributed by atoms with Gasteiger partial charge in [-0.1, -0.05) is 110 Å². The first-order valence-corrected chi connectivity index (χ1v) is 13.2. The first kappa shape index (κ1) is 26.9. The van der Waals surface area contributed by atoms with E-state index in [2.05, 4.69) is 6.92 Å². The molecule has 0 unspecified atom stereocenters. The minimum absolute atomic E-state index is 0.296. The van der Waals surface area contributed by atoms with Crippen LogP contribution < -0.4 is 0 Å². The van der Waals surface area contributed by atoms with E-state index in [1.54, 1.807) is 13.8 Å². The van der Waals surface area contributed by atoms with Gasteiger partial charge >= 0.3 is 0 Å². The lowest BCUT2D eigenvalue weighted by molar-refractivity contribution is 0.297. The highest BCUT2D eigenvalue weighted by Gasteiger charge is 2.34. The van der Waals surface area contributed by atoms with Gasteiger partial charge in [-0.05, 0) is 26.7 Å². The standard InChI is InChI=1S/C23H48O3S/c1-5-7-8-9-10-11-12-13-14-15-16-17-18-19-20-21-23(3,4)27(24,25)26-22-6-2/h5-22H2,1-4H3. The third kappa shape index (κ3) is 14.5. The van der Waals surface area contributed by atoms with Crippen molar-refractivity contribution in [1.82, 2.24) is 0 Å². The third-order valence-electron chi connectivity index (χ3n) is 5.50. The minimum Gasteiger partial charge on any atom is -0.270 e. The minimum atomic E-state index is -3.44. The van der Waals surface area contributed by atoms with Crippen LogP contribution in [0.25, 0.3) is 0 Å². The van der Waals surface area contributed by atoms with E-state index < -0.39 is 14.9 Å². The monoisotopic (exact) mass is 404 g/mol. The lowest BCUT2D eigenvalue weighted by Crippen LogP contribution is -2.33. The lowest BCUT2D eigenvalue weighted by Gasteiger charge is -2.23. The Balaban J connectivity index is 3.47. The molecule has 0 amide bonds. The molecule has 3 nitrogen and oxygen atoms in total. The van der Waals surface area contributed by atoms with Crippen LogP contribution in [0.4, 0.5) is 0 Å². The molecule has 0 rings (SSSR count). The summed E-state index contributed by atoms with van der Waals surface area (Å²) >= 11 is 0. The Labute approximate surface area is 171 Å². The van der Waals surface area contributed by atoms with Gasteiger partial charge in [-0.15, -0.1) is 0 Å². The van der Waals surface area contributed by atoms with Crippen LogP contribution in [0.1, 0.15) is 137 Å². The maximum atomic E-state index is 12.2. The highest BCUT2D eigenvalue weighted by Crippen LogP contribution is 2.26. The summed E-state index contributed by atoms with van der Waals surface area (Å²) in [6.45, 7) is 8.08. The second-order valence-electron chi connectivity index (χ2n) is 8.74. The van der Waals surface area contributed by atoms with Crippen molar-refractivity contribution in [2.24, 2.45) is 0 Å². The molecule has 0 spiro atoms. The van der Waals surface area contributed by atoms with E-state index in [0.717, 1.165) is 19.3 Å². The molecule has 0 aliphatic carbocycles. The van der Waals surface area contributed by atoms with Crippen molar-refractivity contribution in [2.75, 3.05) is 6.61 Å². The summed E-state index contributed by atoms with van der Waals surface area (Å²) < 4.78 is 28.7. The fourth-order valence-corrected chi connectivity index (χ4v) is 4.50. The second kappa shape index (κ2) is 16.8. The normalized spacial score (nSPS) is 12.6. The zero-order valence-corrected chi connectivity index (χ0v) is 19.7. The largest absolute Gasteiger partial charge is 0.272 e. The highest BCUT2D eigenvalue weighted by molar-refractivity contribution is 7.88. The van der Waals surface area contributed by atoms with Gasteiger partial charge in [0, 0.05) is 0 Å². The molecule has 0 aromatic carbocycles. The van der Waals surface area contributed by atoms with Gasteiger partial charge in [0.2, 0.25) is 0 Å². The van der Waals surface area contributed by atoms with Crippen LogP contribution in [0.15, 0.2) is 0 Å². The summed E-state index contributed by atoms with van der Waals surface area (Å²) in [5, 5.41) is 0. The maximum absolute atomic E-state index is 12.2. The Bertz CT molecular complexity index is 415. The summed E-state index contributed by atoms with van der Waals surface area (Å²) in [5.41, 5.74) is 0. The highest BCUT2D eigenvalue weighted by atomic mass is 32.2. The van der Waals surface area contributed by atoms with E-state index in [1.165, 1.54) is 83.5 Å². The molecule has 27 heavy (non-hydrogen) atoms. The van der Waals surface area contributed by atoms with E-state index in [-0.39, 0.29) is 0 Å². The topological polar surface area (TPSA) is 43.4 Å². The van der Waals surface area contributed by atoms with Crippen LogP contribution in [0, 0.1) is 0 Å². The van der Waals surface area contributed by atoms with Crippen LogP contribution >= 0.6 is 0 Å². The molecule has 0 saturated heterocycles. The Morgan fingerprint density at radius 3 is 1.33 bits per heavy atom. The molecule has 0 aliphatic rings. The van der Waals surface area contributed by atoms with Gasteiger partial charge in [0.15, 0.2) is 0 Å². The molecule has 0 saturated carbocycles. The fourth-order valence-electron chi connectivity index (χ4n) is 3.40. The summed E-state index contributed by atoms with van der Waals surface area (Å²) in [6.07, 6.45) is 21.4. The molecular formula is C23H48O3S. The molecule has 0 atom stereocenters. The zero-order chi connectivity index (χ0) is 20.4. The van der Waals surface area contributed by atoms with Crippen molar-refractivity contribution in [3.63, 3.8) is 0 Å². The smallest absolute Gasteiger partial charge is 0.270 e. The number of hydrogen-bond donors (Lipinski definition) is 0. The zero-order valence-electron chi connectivity index (χ0n) is 18.9. The van der Waals surface area contributed by atoms with Gasteiger partial charge in [0.05, 0.1) is 11.4 Å². The van der Waals surface area contributed by atoms with Crippen LogP contribution in [-0.4, -0.2) is 19.8 Å². The fraction of sp³-hybridized carbons (Fsp3) is 1.00. The lowest BCUT2D eigenvalue weighted by atomic mass is 10.0.